The van der Waals surface area contributed by atoms with E-state index in [-0.39, 0.29) is 6.10 Å². The highest BCUT2D eigenvalue weighted by atomic mass is 79.9. The molecule has 0 amide bonds. The van der Waals surface area contributed by atoms with E-state index >= 15 is 0 Å². The van der Waals surface area contributed by atoms with E-state index < -0.39 is 0 Å². The third-order valence-electron chi connectivity index (χ3n) is 2.22. The van der Waals surface area contributed by atoms with E-state index in [1.807, 2.05) is 13.0 Å². The molecule has 1 aromatic rings. The zero-order valence-electron chi connectivity index (χ0n) is 8.05. The lowest BCUT2D eigenvalue weighted by Gasteiger charge is -2.11. The summed E-state index contributed by atoms with van der Waals surface area (Å²) in [5, 5.41) is 9.64. The molecule has 1 N–H and O–H groups in total. The molecule has 72 valence electrons. The molecule has 1 rings (SSSR count). The summed E-state index contributed by atoms with van der Waals surface area (Å²) in [5.74, 6) is 0. The molecule has 1 unspecified atom stereocenters. The molecule has 0 aliphatic carbocycles. The molecule has 13 heavy (non-hydrogen) atoms. The molecule has 0 aliphatic heterocycles. The van der Waals surface area contributed by atoms with Gasteiger partial charge in [0.05, 0.1) is 6.10 Å². The van der Waals surface area contributed by atoms with Crippen LogP contribution in [0, 0.1) is 0 Å². The van der Waals surface area contributed by atoms with Crippen molar-refractivity contribution in [2.75, 3.05) is 0 Å². The van der Waals surface area contributed by atoms with Gasteiger partial charge in [-0.15, -0.1) is 0 Å². The van der Waals surface area contributed by atoms with Crippen LogP contribution in [0.1, 0.15) is 37.5 Å². The predicted molar refractivity (Wildman–Crippen MR) is 58.8 cm³/mol. The number of aliphatic hydroxyl groups excluding tert-OH is 1. The van der Waals surface area contributed by atoms with Crippen molar-refractivity contribution in [3.05, 3.63) is 33.8 Å². The summed E-state index contributed by atoms with van der Waals surface area (Å²) in [6.45, 7) is 4.10. The molecule has 0 fully saturated rings. The van der Waals surface area contributed by atoms with E-state index in [0.717, 1.165) is 22.9 Å². The van der Waals surface area contributed by atoms with Gasteiger partial charge in [0.15, 0.2) is 0 Å². The number of halogens is 1. The van der Waals surface area contributed by atoms with Crippen LogP contribution in [-0.2, 0) is 6.42 Å². The van der Waals surface area contributed by atoms with Gasteiger partial charge in [0.1, 0.15) is 0 Å². The number of benzene rings is 1. The molecule has 0 bridgehead atoms. The normalized spacial score (nSPS) is 12.9. The summed E-state index contributed by atoms with van der Waals surface area (Å²) in [6, 6.07) is 6.14. The van der Waals surface area contributed by atoms with Gasteiger partial charge < -0.3 is 5.11 Å². The lowest BCUT2D eigenvalue weighted by Crippen LogP contribution is -1.96. The molecule has 0 radical (unpaired) electrons. The zero-order valence-corrected chi connectivity index (χ0v) is 9.63. The van der Waals surface area contributed by atoms with Crippen LogP contribution in [0.3, 0.4) is 0 Å². The molecule has 1 aromatic carbocycles. The third kappa shape index (κ3) is 2.55. The van der Waals surface area contributed by atoms with Gasteiger partial charge in [-0.3, -0.25) is 0 Å². The molecular weight excluding hydrogens is 228 g/mol. The Morgan fingerprint density at radius 3 is 2.54 bits per heavy atom. The fourth-order valence-electron chi connectivity index (χ4n) is 1.28. The first-order chi connectivity index (χ1) is 6.19. The predicted octanol–water partition coefficient (Wildman–Crippen LogP) is 3.45. The largest absolute Gasteiger partial charge is 0.388 e. The standard InChI is InChI=1S/C11H15BrO/c1-3-8-5-6-9(10(12)7-8)11(13)4-2/h5-7,11,13H,3-4H2,1-2H3. The van der Waals surface area contributed by atoms with Gasteiger partial charge in [0.2, 0.25) is 0 Å². The number of aryl methyl sites for hydroxylation is 1. The maximum atomic E-state index is 9.64. The monoisotopic (exact) mass is 242 g/mol. The number of aliphatic hydroxyl groups is 1. The number of hydrogen-bond acceptors (Lipinski definition) is 1. The van der Waals surface area contributed by atoms with Gasteiger partial charge >= 0.3 is 0 Å². The van der Waals surface area contributed by atoms with Gasteiger partial charge in [0.25, 0.3) is 0 Å². The Balaban J connectivity index is 2.98. The van der Waals surface area contributed by atoms with Crippen LogP contribution in [0.2, 0.25) is 0 Å². The molecular formula is C11H15BrO. The summed E-state index contributed by atoms with van der Waals surface area (Å²) in [5.41, 5.74) is 2.28. The molecule has 0 saturated carbocycles. The van der Waals surface area contributed by atoms with E-state index in [1.54, 1.807) is 0 Å². The highest BCUT2D eigenvalue weighted by Gasteiger charge is 2.08. The van der Waals surface area contributed by atoms with Crippen molar-refractivity contribution in [1.29, 1.82) is 0 Å². The van der Waals surface area contributed by atoms with Crippen molar-refractivity contribution in [2.45, 2.75) is 32.8 Å². The number of rotatable bonds is 3. The molecule has 0 saturated heterocycles. The average molecular weight is 243 g/mol. The zero-order chi connectivity index (χ0) is 9.84. The summed E-state index contributed by atoms with van der Waals surface area (Å²) in [6.07, 6.45) is 1.44. The van der Waals surface area contributed by atoms with Crippen molar-refractivity contribution in [3.63, 3.8) is 0 Å². The van der Waals surface area contributed by atoms with Gasteiger partial charge in [-0.05, 0) is 30.0 Å². The van der Waals surface area contributed by atoms with Crippen LogP contribution in [-0.4, -0.2) is 5.11 Å². The van der Waals surface area contributed by atoms with Crippen molar-refractivity contribution >= 4 is 15.9 Å². The van der Waals surface area contributed by atoms with E-state index in [2.05, 4.69) is 35.0 Å². The first-order valence-electron chi connectivity index (χ1n) is 4.65. The minimum Gasteiger partial charge on any atom is -0.388 e. The first-order valence-corrected chi connectivity index (χ1v) is 5.44. The molecule has 1 atom stereocenters. The highest BCUT2D eigenvalue weighted by molar-refractivity contribution is 9.10. The second-order valence-corrected chi connectivity index (χ2v) is 3.99. The molecule has 0 aromatic heterocycles. The first kappa shape index (κ1) is 10.7. The smallest absolute Gasteiger partial charge is 0.0798 e. The Kier molecular flexibility index (Phi) is 3.94. The van der Waals surface area contributed by atoms with Crippen LogP contribution < -0.4 is 0 Å². The van der Waals surface area contributed by atoms with Crippen LogP contribution >= 0.6 is 15.9 Å². The van der Waals surface area contributed by atoms with Gasteiger partial charge in [-0.1, -0.05) is 41.9 Å². The maximum absolute atomic E-state index is 9.64. The van der Waals surface area contributed by atoms with Gasteiger partial charge in [-0.25, -0.2) is 0 Å². The van der Waals surface area contributed by atoms with Gasteiger partial charge in [-0.2, -0.15) is 0 Å². The molecule has 2 heteroatoms. The summed E-state index contributed by atoms with van der Waals surface area (Å²) in [4.78, 5) is 0. The fraction of sp³-hybridized carbons (Fsp3) is 0.455. The SMILES string of the molecule is CCc1ccc(C(O)CC)c(Br)c1. The van der Waals surface area contributed by atoms with Crippen LogP contribution in [0.25, 0.3) is 0 Å². The molecule has 0 aliphatic rings. The van der Waals surface area contributed by atoms with Crippen molar-refractivity contribution in [2.24, 2.45) is 0 Å². The average Bonchev–Trinajstić information content (AvgIpc) is 2.16. The lowest BCUT2D eigenvalue weighted by atomic mass is 10.0. The van der Waals surface area contributed by atoms with Crippen molar-refractivity contribution in [1.82, 2.24) is 0 Å². The molecule has 1 nitrogen and oxygen atoms in total. The minimum atomic E-state index is -0.347. The number of hydrogen-bond donors (Lipinski definition) is 1. The van der Waals surface area contributed by atoms with E-state index in [9.17, 15) is 5.11 Å². The second-order valence-electron chi connectivity index (χ2n) is 3.13. The van der Waals surface area contributed by atoms with Crippen LogP contribution in [0.5, 0.6) is 0 Å². The lowest BCUT2D eigenvalue weighted by molar-refractivity contribution is 0.173. The summed E-state index contributed by atoms with van der Waals surface area (Å²) >= 11 is 3.47. The highest BCUT2D eigenvalue weighted by Crippen LogP contribution is 2.26. The van der Waals surface area contributed by atoms with Crippen molar-refractivity contribution < 1.29 is 5.11 Å². The molecule has 0 spiro atoms. The Labute approximate surface area is 87.9 Å². The summed E-state index contributed by atoms with van der Waals surface area (Å²) in [7, 11) is 0. The quantitative estimate of drug-likeness (QED) is 0.861. The van der Waals surface area contributed by atoms with Gasteiger partial charge in [0, 0.05) is 4.47 Å². The minimum absolute atomic E-state index is 0.347. The molecule has 0 heterocycles. The van der Waals surface area contributed by atoms with E-state index in [4.69, 9.17) is 0 Å². The summed E-state index contributed by atoms with van der Waals surface area (Å²) < 4.78 is 1.02. The Hall–Kier alpha value is -0.340. The fourth-order valence-corrected chi connectivity index (χ4v) is 1.97. The van der Waals surface area contributed by atoms with E-state index in [1.165, 1.54) is 5.56 Å². The maximum Gasteiger partial charge on any atom is 0.0798 e. The Morgan fingerprint density at radius 1 is 1.38 bits per heavy atom. The van der Waals surface area contributed by atoms with Crippen LogP contribution in [0.15, 0.2) is 22.7 Å². The Bertz CT molecular complexity index is 283. The topological polar surface area (TPSA) is 20.2 Å². The second kappa shape index (κ2) is 4.77. The van der Waals surface area contributed by atoms with E-state index in [0.29, 0.717) is 0 Å². The van der Waals surface area contributed by atoms with Crippen LogP contribution in [0.4, 0.5) is 0 Å². The van der Waals surface area contributed by atoms with Crippen molar-refractivity contribution in [3.8, 4) is 0 Å². The Morgan fingerprint density at radius 2 is 2.08 bits per heavy atom. The third-order valence-corrected chi connectivity index (χ3v) is 2.91.